The summed E-state index contributed by atoms with van der Waals surface area (Å²) in [5, 5.41) is 9.69. The van der Waals surface area contributed by atoms with Crippen LogP contribution in [0.2, 0.25) is 0 Å². The van der Waals surface area contributed by atoms with Crippen LogP contribution in [0.3, 0.4) is 0 Å². The summed E-state index contributed by atoms with van der Waals surface area (Å²) in [6, 6.07) is 12.9. The molecule has 4 rings (SSSR count). The van der Waals surface area contributed by atoms with Crippen molar-refractivity contribution < 1.29 is 4.79 Å². The number of para-hydroxylation sites is 2. The van der Waals surface area contributed by atoms with Gasteiger partial charge in [0.25, 0.3) is 5.91 Å². The number of hydrogen-bond acceptors (Lipinski definition) is 5. The molecule has 0 fully saturated rings. The van der Waals surface area contributed by atoms with Gasteiger partial charge in [0, 0.05) is 24.0 Å². The van der Waals surface area contributed by atoms with Gasteiger partial charge in [-0.3, -0.25) is 19.9 Å². The fourth-order valence-corrected chi connectivity index (χ4v) is 2.31. The lowest BCUT2D eigenvalue weighted by Crippen LogP contribution is -2.14. The Morgan fingerprint density at radius 3 is 2.67 bits per heavy atom. The Morgan fingerprint density at radius 1 is 1.04 bits per heavy atom. The van der Waals surface area contributed by atoms with Crippen LogP contribution in [0.25, 0.3) is 22.3 Å². The van der Waals surface area contributed by atoms with Crippen LogP contribution in [-0.4, -0.2) is 31.1 Å². The van der Waals surface area contributed by atoms with Crippen molar-refractivity contribution in [3.63, 3.8) is 0 Å². The maximum absolute atomic E-state index is 12.3. The largest absolute Gasteiger partial charge is 0.304 e. The Labute approximate surface area is 136 Å². The molecule has 24 heavy (non-hydrogen) atoms. The first-order chi connectivity index (χ1) is 11.8. The summed E-state index contributed by atoms with van der Waals surface area (Å²) < 4.78 is 0. The second kappa shape index (κ2) is 5.88. The van der Waals surface area contributed by atoms with E-state index >= 15 is 0 Å². The van der Waals surface area contributed by atoms with Crippen molar-refractivity contribution in [1.29, 1.82) is 0 Å². The summed E-state index contributed by atoms with van der Waals surface area (Å²) in [6.45, 7) is 0. The number of aromatic amines is 1. The Hall–Kier alpha value is -3.61. The molecule has 0 aliphatic carbocycles. The van der Waals surface area contributed by atoms with Crippen molar-refractivity contribution in [2.45, 2.75) is 0 Å². The molecule has 0 aliphatic heterocycles. The van der Waals surface area contributed by atoms with Crippen molar-refractivity contribution in [1.82, 2.24) is 25.1 Å². The normalized spacial score (nSPS) is 10.7. The quantitative estimate of drug-likeness (QED) is 0.605. The lowest BCUT2D eigenvalue weighted by molar-refractivity contribution is 0.102. The van der Waals surface area contributed by atoms with Crippen LogP contribution >= 0.6 is 0 Å². The number of anilines is 1. The summed E-state index contributed by atoms with van der Waals surface area (Å²) in [7, 11) is 0. The van der Waals surface area contributed by atoms with E-state index in [9.17, 15) is 4.79 Å². The molecule has 1 amide bonds. The van der Waals surface area contributed by atoms with Gasteiger partial charge in [0.15, 0.2) is 5.82 Å². The van der Waals surface area contributed by atoms with E-state index in [0.717, 1.165) is 16.8 Å². The maximum atomic E-state index is 12.3. The number of aromatic nitrogens is 5. The van der Waals surface area contributed by atoms with Crippen molar-refractivity contribution in [3.05, 3.63) is 66.7 Å². The lowest BCUT2D eigenvalue weighted by Gasteiger charge is -2.02. The molecule has 116 valence electrons. The third kappa shape index (κ3) is 2.70. The number of H-pyrrole nitrogens is 1. The van der Waals surface area contributed by atoms with Gasteiger partial charge in [0.2, 0.25) is 0 Å². The maximum Gasteiger partial charge on any atom is 0.277 e. The number of carbonyl (C=O) groups is 1. The SMILES string of the molecule is O=C(Nc1cc(-c2ccncc2)[nH]n1)c1cnc2ccccc2n1. The molecule has 0 aliphatic rings. The van der Waals surface area contributed by atoms with E-state index in [1.807, 2.05) is 36.4 Å². The molecular formula is C17H12N6O. The predicted molar refractivity (Wildman–Crippen MR) is 89.3 cm³/mol. The van der Waals surface area contributed by atoms with E-state index < -0.39 is 0 Å². The zero-order valence-electron chi connectivity index (χ0n) is 12.5. The Bertz CT molecular complexity index is 1010. The van der Waals surface area contributed by atoms with Gasteiger partial charge in [0.1, 0.15) is 5.69 Å². The molecular weight excluding hydrogens is 304 g/mol. The van der Waals surface area contributed by atoms with Crippen LogP contribution in [-0.2, 0) is 0 Å². The van der Waals surface area contributed by atoms with Gasteiger partial charge in [-0.25, -0.2) is 4.98 Å². The highest BCUT2D eigenvalue weighted by atomic mass is 16.2. The van der Waals surface area contributed by atoms with Gasteiger partial charge in [0.05, 0.1) is 22.9 Å². The molecule has 7 heteroatoms. The number of hydrogen-bond donors (Lipinski definition) is 2. The van der Waals surface area contributed by atoms with Crippen LogP contribution in [0, 0.1) is 0 Å². The number of fused-ring (bicyclic) bond motifs is 1. The number of amides is 1. The Balaban J connectivity index is 1.56. The minimum absolute atomic E-state index is 0.238. The summed E-state index contributed by atoms with van der Waals surface area (Å²) in [6.07, 6.45) is 4.84. The minimum Gasteiger partial charge on any atom is -0.304 e. The highest BCUT2D eigenvalue weighted by Crippen LogP contribution is 2.19. The number of carbonyl (C=O) groups excluding carboxylic acids is 1. The van der Waals surface area contributed by atoms with E-state index in [4.69, 9.17) is 0 Å². The zero-order chi connectivity index (χ0) is 16.4. The first-order valence-corrected chi connectivity index (χ1v) is 7.28. The van der Waals surface area contributed by atoms with E-state index in [2.05, 4.69) is 30.5 Å². The second-order valence-corrected chi connectivity index (χ2v) is 5.10. The minimum atomic E-state index is -0.360. The molecule has 0 atom stereocenters. The van der Waals surface area contributed by atoms with Crippen LogP contribution in [0.1, 0.15) is 10.5 Å². The summed E-state index contributed by atoms with van der Waals surface area (Å²) >= 11 is 0. The molecule has 0 radical (unpaired) electrons. The average molecular weight is 316 g/mol. The van der Waals surface area contributed by atoms with Crippen molar-refractivity contribution in [3.8, 4) is 11.3 Å². The fraction of sp³-hybridized carbons (Fsp3) is 0. The van der Waals surface area contributed by atoms with Gasteiger partial charge < -0.3 is 5.32 Å². The number of nitrogens with one attached hydrogen (secondary N) is 2. The van der Waals surface area contributed by atoms with Gasteiger partial charge in [-0.05, 0) is 24.3 Å². The molecule has 0 bridgehead atoms. The standard InChI is InChI=1S/C17H12N6O/c24-17(15-10-19-12-3-1-2-4-13(12)20-15)21-16-9-14(22-23-16)11-5-7-18-8-6-11/h1-10H,(H2,21,22,23,24). The summed E-state index contributed by atoms with van der Waals surface area (Å²) in [5.41, 5.74) is 3.38. The Morgan fingerprint density at radius 2 is 1.83 bits per heavy atom. The molecule has 0 spiro atoms. The van der Waals surface area contributed by atoms with Gasteiger partial charge >= 0.3 is 0 Å². The van der Waals surface area contributed by atoms with E-state index in [1.165, 1.54) is 6.20 Å². The van der Waals surface area contributed by atoms with E-state index in [1.54, 1.807) is 18.5 Å². The van der Waals surface area contributed by atoms with Crippen LogP contribution in [0.15, 0.2) is 61.1 Å². The van der Waals surface area contributed by atoms with Crippen LogP contribution in [0.5, 0.6) is 0 Å². The average Bonchev–Trinajstić information content (AvgIpc) is 3.10. The third-order valence-corrected chi connectivity index (χ3v) is 3.49. The number of benzene rings is 1. The van der Waals surface area contributed by atoms with Gasteiger partial charge in [-0.1, -0.05) is 12.1 Å². The molecule has 2 N–H and O–H groups in total. The fourth-order valence-electron chi connectivity index (χ4n) is 2.31. The monoisotopic (exact) mass is 316 g/mol. The van der Waals surface area contributed by atoms with Crippen molar-refractivity contribution in [2.75, 3.05) is 5.32 Å². The van der Waals surface area contributed by atoms with Gasteiger partial charge in [-0.15, -0.1) is 0 Å². The Kier molecular flexibility index (Phi) is 3.43. The first kappa shape index (κ1) is 14.0. The highest BCUT2D eigenvalue weighted by Gasteiger charge is 2.12. The molecule has 4 aromatic rings. The molecule has 0 saturated heterocycles. The second-order valence-electron chi connectivity index (χ2n) is 5.10. The topological polar surface area (TPSA) is 96.5 Å². The van der Waals surface area contributed by atoms with Gasteiger partial charge in [-0.2, -0.15) is 5.10 Å². The number of pyridine rings is 1. The highest BCUT2D eigenvalue weighted by molar-refractivity contribution is 6.03. The number of rotatable bonds is 3. The molecule has 0 saturated carbocycles. The van der Waals surface area contributed by atoms with E-state index in [0.29, 0.717) is 11.3 Å². The predicted octanol–water partition coefficient (Wildman–Crippen LogP) is 2.67. The lowest BCUT2D eigenvalue weighted by atomic mass is 10.2. The van der Waals surface area contributed by atoms with Crippen molar-refractivity contribution >= 4 is 22.8 Å². The summed E-state index contributed by atoms with van der Waals surface area (Å²) in [5.74, 6) is 0.0582. The molecule has 1 aromatic carbocycles. The van der Waals surface area contributed by atoms with E-state index in [-0.39, 0.29) is 11.6 Å². The number of nitrogens with zero attached hydrogens (tertiary/aromatic N) is 4. The molecule has 3 heterocycles. The van der Waals surface area contributed by atoms with Crippen molar-refractivity contribution in [2.24, 2.45) is 0 Å². The first-order valence-electron chi connectivity index (χ1n) is 7.28. The smallest absolute Gasteiger partial charge is 0.277 e. The van der Waals surface area contributed by atoms with Crippen LogP contribution < -0.4 is 5.32 Å². The molecule has 3 aromatic heterocycles. The summed E-state index contributed by atoms with van der Waals surface area (Å²) in [4.78, 5) is 24.9. The molecule has 7 nitrogen and oxygen atoms in total. The zero-order valence-corrected chi connectivity index (χ0v) is 12.5. The van der Waals surface area contributed by atoms with Crippen LogP contribution in [0.4, 0.5) is 5.82 Å². The molecule has 0 unspecified atom stereocenters. The third-order valence-electron chi connectivity index (χ3n) is 3.49.